The number of benzene rings is 1. The molecule has 7 heteroatoms. The topological polar surface area (TPSA) is 66.1 Å². The van der Waals surface area contributed by atoms with E-state index in [9.17, 15) is 12.8 Å². The van der Waals surface area contributed by atoms with E-state index in [0.717, 1.165) is 29.8 Å². The molecule has 1 fully saturated rings. The molecule has 1 saturated heterocycles. The standard InChI is InChI=1S/C15H18FN3O2S/c1-22(20,21)19-8-2-3-12(10-19)15-9-14(17-18-15)11-4-6-13(16)7-5-11/h4-7,9,12H,2-3,8,10H2,1H3,(H,17,18)/t12-/m0/s1. The summed E-state index contributed by atoms with van der Waals surface area (Å²) in [7, 11) is -3.16. The highest BCUT2D eigenvalue weighted by Gasteiger charge is 2.27. The number of aromatic amines is 1. The Kier molecular flexibility index (Phi) is 4.01. The summed E-state index contributed by atoms with van der Waals surface area (Å²) in [5.41, 5.74) is 2.50. The fourth-order valence-corrected chi connectivity index (χ4v) is 3.72. The van der Waals surface area contributed by atoms with Crippen molar-refractivity contribution < 1.29 is 12.8 Å². The lowest BCUT2D eigenvalue weighted by Gasteiger charge is -2.30. The van der Waals surface area contributed by atoms with Crippen molar-refractivity contribution in [2.75, 3.05) is 19.3 Å². The second-order valence-electron chi connectivity index (χ2n) is 5.68. The number of nitrogens with one attached hydrogen (secondary N) is 1. The molecule has 0 spiro atoms. The molecule has 1 aliphatic heterocycles. The van der Waals surface area contributed by atoms with E-state index in [0.29, 0.717) is 13.1 Å². The van der Waals surface area contributed by atoms with Crippen LogP contribution in [-0.2, 0) is 10.0 Å². The Balaban J connectivity index is 1.80. The lowest BCUT2D eigenvalue weighted by molar-refractivity contribution is 0.314. The molecule has 0 bridgehead atoms. The van der Waals surface area contributed by atoms with Crippen LogP contribution in [0.2, 0.25) is 0 Å². The van der Waals surface area contributed by atoms with Gasteiger partial charge >= 0.3 is 0 Å². The lowest BCUT2D eigenvalue weighted by Crippen LogP contribution is -2.38. The zero-order valence-electron chi connectivity index (χ0n) is 12.3. The zero-order chi connectivity index (χ0) is 15.7. The smallest absolute Gasteiger partial charge is 0.211 e. The van der Waals surface area contributed by atoms with Crippen molar-refractivity contribution in [1.29, 1.82) is 0 Å². The Morgan fingerprint density at radius 3 is 2.73 bits per heavy atom. The highest BCUT2D eigenvalue weighted by atomic mass is 32.2. The van der Waals surface area contributed by atoms with E-state index in [1.807, 2.05) is 6.07 Å². The normalized spacial score (nSPS) is 20.2. The first-order valence-electron chi connectivity index (χ1n) is 7.20. The van der Waals surface area contributed by atoms with Crippen molar-refractivity contribution in [2.24, 2.45) is 0 Å². The van der Waals surface area contributed by atoms with Gasteiger partial charge in [-0.2, -0.15) is 5.10 Å². The number of halogens is 1. The molecule has 2 aromatic rings. The van der Waals surface area contributed by atoms with E-state index in [-0.39, 0.29) is 11.7 Å². The van der Waals surface area contributed by atoms with Crippen LogP contribution in [0.5, 0.6) is 0 Å². The van der Waals surface area contributed by atoms with Crippen molar-refractivity contribution in [3.8, 4) is 11.3 Å². The third-order valence-electron chi connectivity index (χ3n) is 4.03. The van der Waals surface area contributed by atoms with Gasteiger partial charge < -0.3 is 0 Å². The first kappa shape index (κ1) is 15.2. The fraction of sp³-hybridized carbons (Fsp3) is 0.400. The molecule has 0 saturated carbocycles. The number of hydrogen-bond donors (Lipinski definition) is 1. The predicted octanol–water partition coefficient (Wildman–Crippen LogP) is 2.35. The summed E-state index contributed by atoms with van der Waals surface area (Å²) in [6.45, 7) is 1.05. The minimum absolute atomic E-state index is 0.116. The van der Waals surface area contributed by atoms with Crippen molar-refractivity contribution >= 4 is 10.0 Å². The van der Waals surface area contributed by atoms with Crippen LogP contribution in [0.4, 0.5) is 4.39 Å². The van der Waals surface area contributed by atoms with Crippen LogP contribution in [-0.4, -0.2) is 42.3 Å². The summed E-state index contributed by atoms with van der Waals surface area (Å²) >= 11 is 0. The molecule has 1 N–H and O–H groups in total. The maximum absolute atomic E-state index is 13.0. The van der Waals surface area contributed by atoms with Gasteiger partial charge in [-0.25, -0.2) is 17.1 Å². The van der Waals surface area contributed by atoms with Crippen LogP contribution in [0, 0.1) is 5.82 Å². The Bertz CT molecular complexity index is 755. The largest absolute Gasteiger partial charge is 0.282 e. The minimum atomic E-state index is -3.16. The fourth-order valence-electron chi connectivity index (χ4n) is 2.81. The van der Waals surface area contributed by atoms with Crippen LogP contribution in [0.15, 0.2) is 30.3 Å². The molecule has 2 heterocycles. The summed E-state index contributed by atoms with van der Waals surface area (Å²) in [6, 6.07) is 8.08. The molecular weight excluding hydrogens is 305 g/mol. The number of hydrogen-bond acceptors (Lipinski definition) is 3. The van der Waals surface area contributed by atoms with E-state index in [1.54, 1.807) is 12.1 Å². The summed E-state index contributed by atoms with van der Waals surface area (Å²) in [5, 5.41) is 7.26. The number of nitrogens with zero attached hydrogens (tertiary/aromatic N) is 2. The van der Waals surface area contributed by atoms with E-state index in [4.69, 9.17) is 0 Å². The van der Waals surface area contributed by atoms with Crippen molar-refractivity contribution in [2.45, 2.75) is 18.8 Å². The van der Waals surface area contributed by atoms with Gasteiger partial charge in [-0.1, -0.05) is 0 Å². The van der Waals surface area contributed by atoms with Gasteiger partial charge in [0.15, 0.2) is 0 Å². The number of sulfonamides is 1. The highest BCUT2D eigenvalue weighted by Crippen LogP contribution is 2.29. The van der Waals surface area contributed by atoms with Gasteiger partial charge in [-0.3, -0.25) is 5.10 Å². The van der Waals surface area contributed by atoms with Crippen LogP contribution in [0.25, 0.3) is 11.3 Å². The van der Waals surface area contributed by atoms with E-state index in [1.165, 1.54) is 22.7 Å². The Labute approximate surface area is 129 Å². The Morgan fingerprint density at radius 2 is 2.05 bits per heavy atom. The molecule has 1 atom stereocenters. The monoisotopic (exact) mass is 323 g/mol. The van der Waals surface area contributed by atoms with Gasteiger partial charge in [0.2, 0.25) is 10.0 Å². The van der Waals surface area contributed by atoms with Crippen LogP contribution >= 0.6 is 0 Å². The van der Waals surface area contributed by atoms with E-state index in [2.05, 4.69) is 10.2 Å². The third-order valence-corrected chi connectivity index (χ3v) is 5.30. The maximum atomic E-state index is 13.0. The van der Waals surface area contributed by atoms with Gasteiger partial charge in [0.05, 0.1) is 11.9 Å². The van der Waals surface area contributed by atoms with Crippen molar-refractivity contribution in [3.05, 3.63) is 41.8 Å². The summed E-state index contributed by atoms with van der Waals surface area (Å²) in [5.74, 6) is -0.166. The first-order chi connectivity index (χ1) is 10.4. The Hall–Kier alpha value is -1.73. The quantitative estimate of drug-likeness (QED) is 0.943. The molecule has 0 aliphatic carbocycles. The lowest BCUT2D eigenvalue weighted by atomic mass is 9.96. The van der Waals surface area contributed by atoms with Gasteiger partial charge in [-0.15, -0.1) is 0 Å². The number of aromatic nitrogens is 2. The average molecular weight is 323 g/mol. The highest BCUT2D eigenvalue weighted by molar-refractivity contribution is 7.88. The first-order valence-corrected chi connectivity index (χ1v) is 9.05. The maximum Gasteiger partial charge on any atom is 0.211 e. The molecular formula is C15H18FN3O2S. The predicted molar refractivity (Wildman–Crippen MR) is 82.4 cm³/mol. The molecule has 0 unspecified atom stereocenters. The molecule has 1 aromatic carbocycles. The van der Waals surface area contributed by atoms with Gasteiger partial charge in [-0.05, 0) is 43.2 Å². The Morgan fingerprint density at radius 1 is 1.32 bits per heavy atom. The van der Waals surface area contributed by atoms with Crippen LogP contribution in [0.3, 0.4) is 0 Å². The van der Waals surface area contributed by atoms with Crippen molar-refractivity contribution in [1.82, 2.24) is 14.5 Å². The van der Waals surface area contributed by atoms with Gasteiger partial charge in [0.1, 0.15) is 5.82 Å². The molecule has 3 rings (SSSR count). The van der Waals surface area contributed by atoms with Crippen molar-refractivity contribution in [3.63, 3.8) is 0 Å². The van der Waals surface area contributed by atoms with Gasteiger partial charge in [0.25, 0.3) is 0 Å². The molecule has 22 heavy (non-hydrogen) atoms. The molecule has 5 nitrogen and oxygen atoms in total. The second kappa shape index (κ2) is 5.81. The van der Waals surface area contributed by atoms with E-state index < -0.39 is 10.0 Å². The molecule has 118 valence electrons. The van der Waals surface area contributed by atoms with Gasteiger partial charge in [0, 0.05) is 30.3 Å². The number of rotatable bonds is 3. The minimum Gasteiger partial charge on any atom is -0.282 e. The SMILES string of the molecule is CS(=O)(=O)N1CCC[C@H](c2cc(-c3ccc(F)cc3)n[nH]2)C1. The third kappa shape index (κ3) is 3.20. The molecule has 0 radical (unpaired) electrons. The number of piperidine rings is 1. The van der Waals surface area contributed by atoms with Crippen LogP contribution in [0.1, 0.15) is 24.5 Å². The molecule has 1 aliphatic rings. The summed E-state index contributed by atoms with van der Waals surface area (Å²) < 4.78 is 37.8. The summed E-state index contributed by atoms with van der Waals surface area (Å²) in [4.78, 5) is 0. The number of H-pyrrole nitrogens is 1. The molecule has 0 amide bonds. The van der Waals surface area contributed by atoms with Crippen LogP contribution < -0.4 is 0 Å². The van der Waals surface area contributed by atoms with E-state index >= 15 is 0 Å². The summed E-state index contributed by atoms with van der Waals surface area (Å²) in [6.07, 6.45) is 3.01. The second-order valence-corrected chi connectivity index (χ2v) is 7.66. The zero-order valence-corrected chi connectivity index (χ0v) is 13.1. The molecule has 1 aromatic heterocycles. The average Bonchev–Trinajstić information content (AvgIpc) is 2.97.